The van der Waals surface area contributed by atoms with E-state index in [1.165, 1.54) is 22.3 Å². The summed E-state index contributed by atoms with van der Waals surface area (Å²) in [5.74, 6) is 2.78. The van der Waals surface area contributed by atoms with Gasteiger partial charge in [0.05, 0.1) is 6.54 Å². The van der Waals surface area contributed by atoms with Crippen LogP contribution in [0.15, 0.2) is 48.5 Å². The Morgan fingerprint density at radius 3 is 2.29 bits per heavy atom. The molecule has 4 rings (SSSR count). The molecule has 122 valence electrons. The Morgan fingerprint density at radius 2 is 1.54 bits per heavy atom. The molecule has 0 N–H and O–H groups in total. The van der Waals surface area contributed by atoms with Crippen molar-refractivity contribution in [1.29, 1.82) is 0 Å². The first-order chi connectivity index (χ1) is 11.8. The van der Waals surface area contributed by atoms with Crippen LogP contribution in [-0.4, -0.2) is 42.5 Å². The zero-order chi connectivity index (χ0) is 16.4. The lowest BCUT2D eigenvalue weighted by molar-refractivity contribution is 0.104. The number of rotatable bonds is 2. The molecule has 0 amide bonds. The Labute approximate surface area is 145 Å². The number of benzene rings is 2. The van der Waals surface area contributed by atoms with Gasteiger partial charge in [-0.2, -0.15) is 0 Å². The van der Waals surface area contributed by atoms with E-state index in [-0.39, 0.29) is 0 Å². The molecule has 2 aliphatic rings. The van der Waals surface area contributed by atoms with Crippen LogP contribution in [0.2, 0.25) is 0 Å². The maximum atomic E-state index is 5.47. The normalized spacial score (nSPS) is 21.4. The van der Waals surface area contributed by atoms with Gasteiger partial charge in [-0.25, -0.2) is 0 Å². The van der Waals surface area contributed by atoms with Crippen molar-refractivity contribution in [3.63, 3.8) is 0 Å². The Kier molecular flexibility index (Phi) is 4.38. The van der Waals surface area contributed by atoms with Crippen LogP contribution in [0.3, 0.4) is 0 Å². The van der Waals surface area contributed by atoms with E-state index in [0.717, 1.165) is 45.6 Å². The topological polar surface area (TPSA) is 6.48 Å². The van der Waals surface area contributed by atoms with Crippen molar-refractivity contribution < 1.29 is 0 Å². The highest BCUT2D eigenvalue weighted by Crippen LogP contribution is 2.34. The molecule has 1 heterocycles. The fourth-order valence-electron chi connectivity index (χ4n) is 4.16. The van der Waals surface area contributed by atoms with Crippen molar-refractivity contribution in [1.82, 2.24) is 9.80 Å². The molecule has 0 spiro atoms. The number of nitrogens with zero attached hydrogens (tertiary/aromatic N) is 2. The molecule has 2 aromatic rings. The molecule has 1 fully saturated rings. The Balaban J connectivity index is 1.64. The fraction of sp³-hybridized carbons (Fsp3) is 0.364. The lowest BCUT2D eigenvalue weighted by Gasteiger charge is -2.39. The predicted octanol–water partition coefficient (Wildman–Crippen LogP) is 3.13. The molecule has 1 saturated heterocycles. The lowest BCUT2D eigenvalue weighted by atomic mass is 9.96. The third kappa shape index (κ3) is 2.98. The van der Waals surface area contributed by atoms with E-state index in [1.807, 2.05) is 0 Å². The molecule has 0 radical (unpaired) electrons. The molecule has 0 bridgehead atoms. The summed E-state index contributed by atoms with van der Waals surface area (Å²) in [5, 5.41) is 0. The average molecular weight is 316 g/mol. The third-order valence-corrected chi connectivity index (χ3v) is 5.49. The number of terminal acetylenes is 1. The smallest absolute Gasteiger partial charge is 0.0599 e. The quantitative estimate of drug-likeness (QED) is 0.786. The van der Waals surface area contributed by atoms with Crippen LogP contribution in [0.1, 0.15) is 28.3 Å². The van der Waals surface area contributed by atoms with Gasteiger partial charge in [0.15, 0.2) is 0 Å². The highest BCUT2D eigenvalue weighted by molar-refractivity contribution is 5.42. The minimum atomic E-state index is 0.484. The molecular weight excluding hydrogens is 292 g/mol. The van der Waals surface area contributed by atoms with Crippen LogP contribution in [-0.2, 0) is 12.8 Å². The zero-order valence-electron chi connectivity index (χ0n) is 14.1. The molecule has 1 aliphatic carbocycles. The first-order valence-corrected chi connectivity index (χ1v) is 8.89. The molecule has 24 heavy (non-hydrogen) atoms. The molecule has 2 aromatic carbocycles. The summed E-state index contributed by atoms with van der Waals surface area (Å²) >= 11 is 0. The summed E-state index contributed by atoms with van der Waals surface area (Å²) in [7, 11) is 0. The highest BCUT2D eigenvalue weighted by atomic mass is 15.3. The van der Waals surface area contributed by atoms with Gasteiger partial charge in [-0.3, -0.25) is 9.80 Å². The number of hydrogen-bond acceptors (Lipinski definition) is 2. The molecule has 1 aliphatic heterocycles. The summed E-state index contributed by atoms with van der Waals surface area (Å²) in [5.41, 5.74) is 5.99. The van der Waals surface area contributed by atoms with E-state index in [1.54, 1.807) is 0 Å². The van der Waals surface area contributed by atoms with Gasteiger partial charge in [0.25, 0.3) is 0 Å². The second-order valence-electron chi connectivity index (χ2n) is 6.88. The summed E-state index contributed by atoms with van der Waals surface area (Å²) in [6, 6.07) is 18.4. The maximum Gasteiger partial charge on any atom is 0.0599 e. The summed E-state index contributed by atoms with van der Waals surface area (Å²) in [6.07, 6.45) is 7.64. The second kappa shape index (κ2) is 6.81. The van der Waals surface area contributed by atoms with Crippen LogP contribution in [0.5, 0.6) is 0 Å². The molecule has 2 nitrogen and oxygen atoms in total. The van der Waals surface area contributed by atoms with E-state index in [0.29, 0.717) is 6.04 Å². The summed E-state index contributed by atoms with van der Waals surface area (Å²) in [6.45, 7) is 5.12. The Morgan fingerprint density at radius 1 is 0.875 bits per heavy atom. The minimum absolute atomic E-state index is 0.484. The second-order valence-corrected chi connectivity index (χ2v) is 6.88. The van der Waals surface area contributed by atoms with Crippen LogP contribution in [0.25, 0.3) is 0 Å². The largest absolute Gasteiger partial charge is 0.293 e. The van der Waals surface area contributed by atoms with Crippen molar-refractivity contribution in [2.75, 3.05) is 32.7 Å². The van der Waals surface area contributed by atoms with E-state index in [4.69, 9.17) is 6.42 Å². The molecule has 1 atom stereocenters. The van der Waals surface area contributed by atoms with Gasteiger partial charge in [-0.1, -0.05) is 54.5 Å². The minimum Gasteiger partial charge on any atom is -0.293 e. The summed E-state index contributed by atoms with van der Waals surface area (Å²) < 4.78 is 0. The van der Waals surface area contributed by atoms with Gasteiger partial charge in [-0.15, -0.1) is 6.42 Å². The molecule has 1 unspecified atom stereocenters. The zero-order valence-corrected chi connectivity index (χ0v) is 14.1. The van der Waals surface area contributed by atoms with Crippen LogP contribution in [0, 0.1) is 12.3 Å². The van der Waals surface area contributed by atoms with Crippen molar-refractivity contribution in [2.24, 2.45) is 0 Å². The van der Waals surface area contributed by atoms with E-state index in [9.17, 15) is 0 Å². The Bertz CT molecular complexity index is 751. The molecular formula is C22H24N2. The molecule has 0 saturated carbocycles. The first kappa shape index (κ1) is 15.4. The van der Waals surface area contributed by atoms with Gasteiger partial charge < -0.3 is 0 Å². The third-order valence-electron chi connectivity index (χ3n) is 5.49. The van der Waals surface area contributed by atoms with Gasteiger partial charge in [-0.05, 0) is 35.1 Å². The molecule has 2 heteroatoms. The SMILES string of the molecule is C#CCN1CCN(C2Cc3ccccc3Cc3ccccc32)CC1. The average Bonchev–Trinajstić information content (AvgIpc) is 2.79. The van der Waals surface area contributed by atoms with Crippen LogP contribution < -0.4 is 0 Å². The number of fused-ring (bicyclic) bond motifs is 2. The van der Waals surface area contributed by atoms with Gasteiger partial charge in [0, 0.05) is 32.2 Å². The summed E-state index contributed by atoms with van der Waals surface area (Å²) in [4.78, 5) is 5.04. The number of piperazine rings is 1. The standard InChI is InChI=1S/C22H24N2/c1-2-11-23-12-14-24(15-13-23)22-17-19-8-4-3-7-18(19)16-20-9-5-6-10-21(20)22/h1,3-10,22H,11-17H2. The van der Waals surface area contributed by atoms with Crippen molar-refractivity contribution in [3.05, 3.63) is 70.8 Å². The first-order valence-electron chi connectivity index (χ1n) is 8.89. The maximum absolute atomic E-state index is 5.47. The van der Waals surface area contributed by atoms with Crippen molar-refractivity contribution >= 4 is 0 Å². The van der Waals surface area contributed by atoms with Gasteiger partial charge in [0.1, 0.15) is 0 Å². The van der Waals surface area contributed by atoms with E-state index < -0.39 is 0 Å². The van der Waals surface area contributed by atoms with Gasteiger partial charge in [0.2, 0.25) is 0 Å². The van der Waals surface area contributed by atoms with E-state index >= 15 is 0 Å². The van der Waals surface area contributed by atoms with Crippen molar-refractivity contribution in [2.45, 2.75) is 18.9 Å². The predicted molar refractivity (Wildman–Crippen MR) is 99.0 cm³/mol. The van der Waals surface area contributed by atoms with Crippen molar-refractivity contribution in [3.8, 4) is 12.3 Å². The Hall–Kier alpha value is -2.08. The monoisotopic (exact) mass is 316 g/mol. The highest BCUT2D eigenvalue weighted by Gasteiger charge is 2.29. The van der Waals surface area contributed by atoms with Crippen LogP contribution >= 0.6 is 0 Å². The van der Waals surface area contributed by atoms with E-state index in [2.05, 4.69) is 64.3 Å². The number of hydrogen-bond donors (Lipinski definition) is 0. The fourth-order valence-corrected chi connectivity index (χ4v) is 4.16. The lowest BCUT2D eigenvalue weighted by Crippen LogP contribution is -2.48. The molecule has 0 aromatic heterocycles. The van der Waals surface area contributed by atoms with Crippen LogP contribution in [0.4, 0.5) is 0 Å². The van der Waals surface area contributed by atoms with Gasteiger partial charge >= 0.3 is 0 Å².